The van der Waals surface area contributed by atoms with Crippen LogP contribution in [0.5, 0.6) is 0 Å². The molecular weight excluding hydrogens is 386 g/mol. The summed E-state index contributed by atoms with van der Waals surface area (Å²) < 4.78 is 0. The van der Waals surface area contributed by atoms with Crippen molar-refractivity contribution < 1.29 is 4.79 Å². The summed E-state index contributed by atoms with van der Waals surface area (Å²) in [5, 5.41) is 3.55. The van der Waals surface area contributed by atoms with E-state index in [0.717, 1.165) is 35.8 Å². The molecule has 148 valence electrons. The lowest BCUT2D eigenvalue weighted by Gasteiger charge is -2.34. The lowest BCUT2D eigenvalue weighted by molar-refractivity contribution is 0.143. The highest BCUT2D eigenvalue weighted by Crippen LogP contribution is 2.28. The summed E-state index contributed by atoms with van der Waals surface area (Å²) in [6.07, 6.45) is 4.68. The number of carbonyl (C=O) groups is 1. The third-order valence-corrected chi connectivity index (χ3v) is 5.31. The lowest BCUT2D eigenvalue weighted by atomic mass is 10.0. The van der Waals surface area contributed by atoms with Crippen LogP contribution in [0.2, 0.25) is 5.02 Å². The Morgan fingerprint density at radius 3 is 2.62 bits per heavy atom. The van der Waals surface area contributed by atoms with Crippen LogP contribution in [0.1, 0.15) is 5.56 Å². The Kier molecular flexibility index (Phi) is 6.03. The van der Waals surface area contributed by atoms with Crippen LogP contribution < -0.4 is 5.32 Å². The van der Waals surface area contributed by atoms with Crippen molar-refractivity contribution in [1.82, 2.24) is 19.8 Å². The first-order valence-electron chi connectivity index (χ1n) is 9.57. The van der Waals surface area contributed by atoms with Crippen molar-refractivity contribution in [2.75, 3.05) is 31.5 Å². The SMILES string of the molecule is O=C(Nc1cnccn1)N1CCN(Cc2cccc(-c3ccccc3Cl)c2)CC1. The van der Waals surface area contributed by atoms with E-state index in [2.05, 4.69) is 44.5 Å². The van der Waals surface area contributed by atoms with Crippen LogP contribution in [0, 0.1) is 0 Å². The van der Waals surface area contributed by atoms with Gasteiger partial charge in [-0.05, 0) is 23.3 Å². The minimum absolute atomic E-state index is 0.133. The zero-order valence-corrected chi connectivity index (χ0v) is 16.7. The fourth-order valence-electron chi connectivity index (χ4n) is 3.45. The van der Waals surface area contributed by atoms with E-state index >= 15 is 0 Å². The van der Waals surface area contributed by atoms with E-state index in [-0.39, 0.29) is 6.03 Å². The van der Waals surface area contributed by atoms with Crippen molar-refractivity contribution in [1.29, 1.82) is 0 Å². The number of piperazine rings is 1. The molecule has 3 aromatic rings. The van der Waals surface area contributed by atoms with E-state index in [1.807, 2.05) is 29.2 Å². The van der Waals surface area contributed by atoms with Gasteiger partial charge in [0, 0.05) is 55.7 Å². The van der Waals surface area contributed by atoms with Gasteiger partial charge in [0.15, 0.2) is 5.82 Å². The molecule has 0 saturated carbocycles. The Morgan fingerprint density at radius 1 is 1.03 bits per heavy atom. The zero-order valence-electron chi connectivity index (χ0n) is 16.0. The number of benzene rings is 2. The van der Waals surface area contributed by atoms with Crippen LogP contribution in [0.15, 0.2) is 67.1 Å². The number of hydrogen-bond donors (Lipinski definition) is 1. The Labute approximate surface area is 175 Å². The molecule has 1 aliphatic heterocycles. The van der Waals surface area contributed by atoms with Crippen molar-refractivity contribution in [3.8, 4) is 11.1 Å². The quantitative estimate of drug-likeness (QED) is 0.705. The Hall–Kier alpha value is -2.96. The molecule has 1 N–H and O–H groups in total. The highest BCUT2D eigenvalue weighted by molar-refractivity contribution is 6.33. The van der Waals surface area contributed by atoms with Gasteiger partial charge in [0.1, 0.15) is 0 Å². The third-order valence-electron chi connectivity index (χ3n) is 4.98. The van der Waals surface area contributed by atoms with Gasteiger partial charge in [-0.15, -0.1) is 0 Å². The summed E-state index contributed by atoms with van der Waals surface area (Å²) >= 11 is 6.34. The molecule has 7 heteroatoms. The number of nitrogens with zero attached hydrogens (tertiary/aromatic N) is 4. The van der Waals surface area contributed by atoms with Crippen molar-refractivity contribution in [3.05, 3.63) is 77.7 Å². The molecule has 0 radical (unpaired) electrons. The number of rotatable bonds is 4. The highest BCUT2D eigenvalue weighted by atomic mass is 35.5. The van der Waals surface area contributed by atoms with Crippen LogP contribution in [0.25, 0.3) is 11.1 Å². The zero-order chi connectivity index (χ0) is 20.1. The summed E-state index contributed by atoms with van der Waals surface area (Å²) in [4.78, 5) is 24.6. The first-order valence-corrected chi connectivity index (χ1v) is 9.95. The molecular formula is C22H22ClN5O. The summed E-state index contributed by atoms with van der Waals surface area (Å²) in [6.45, 7) is 3.85. The Morgan fingerprint density at radius 2 is 1.86 bits per heavy atom. The van der Waals surface area contributed by atoms with E-state index in [0.29, 0.717) is 18.9 Å². The number of amides is 2. The molecule has 6 nitrogen and oxygen atoms in total. The van der Waals surface area contributed by atoms with Gasteiger partial charge in [-0.1, -0.05) is 48.0 Å². The maximum Gasteiger partial charge on any atom is 0.323 e. The number of nitrogens with one attached hydrogen (secondary N) is 1. The van der Waals surface area contributed by atoms with Crippen LogP contribution >= 0.6 is 11.6 Å². The van der Waals surface area contributed by atoms with Crippen LogP contribution in [0.3, 0.4) is 0 Å². The number of hydrogen-bond acceptors (Lipinski definition) is 4. The topological polar surface area (TPSA) is 61.4 Å². The first kappa shape index (κ1) is 19.4. The highest BCUT2D eigenvalue weighted by Gasteiger charge is 2.21. The van der Waals surface area contributed by atoms with Crippen molar-refractivity contribution in [3.63, 3.8) is 0 Å². The van der Waals surface area contributed by atoms with Crippen molar-refractivity contribution in [2.24, 2.45) is 0 Å². The molecule has 2 aromatic carbocycles. The first-order chi connectivity index (χ1) is 14.2. The molecule has 29 heavy (non-hydrogen) atoms. The largest absolute Gasteiger partial charge is 0.323 e. The number of anilines is 1. The summed E-state index contributed by atoms with van der Waals surface area (Å²) in [6, 6.07) is 16.2. The summed E-state index contributed by atoms with van der Waals surface area (Å²) in [5.41, 5.74) is 3.40. The average molecular weight is 408 g/mol. The van der Waals surface area contributed by atoms with E-state index in [1.54, 1.807) is 18.6 Å². The van der Waals surface area contributed by atoms with E-state index in [9.17, 15) is 4.79 Å². The van der Waals surface area contributed by atoms with Gasteiger partial charge in [-0.25, -0.2) is 9.78 Å². The lowest BCUT2D eigenvalue weighted by Crippen LogP contribution is -2.49. The maximum absolute atomic E-state index is 12.4. The molecule has 0 bridgehead atoms. The molecule has 1 aliphatic rings. The van der Waals surface area contributed by atoms with Crippen LogP contribution in [0.4, 0.5) is 10.6 Å². The summed E-state index contributed by atoms with van der Waals surface area (Å²) in [5.74, 6) is 0.469. The van der Waals surface area contributed by atoms with Gasteiger partial charge in [0.2, 0.25) is 0 Å². The molecule has 0 atom stereocenters. The predicted molar refractivity (Wildman–Crippen MR) is 115 cm³/mol. The normalized spacial score (nSPS) is 14.6. The number of urea groups is 1. The minimum atomic E-state index is -0.133. The fourth-order valence-corrected chi connectivity index (χ4v) is 3.70. The second-order valence-electron chi connectivity index (χ2n) is 6.96. The molecule has 0 spiro atoms. The standard InChI is InChI=1S/C22H22ClN5O/c23-20-7-2-1-6-19(20)18-5-3-4-17(14-18)16-27-10-12-28(13-11-27)22(29)26-21-15-24-8-9-25-21/h1-9,14-15H,10-13,16H2,(H,25,26,29). The molecule has 0 aliphatic carbocycles. The molecule has 1 aromatic heterocycles. The molecule has 4 rings (SSSR count). The van der Waals surface area contributed by atoms with Gasteiger partial charge < -0.3 is 4.90 Å². The van der Waals surface area contributed by atoms with Crippen molar-refractivity contribution in [2.45, 2.75) is 6.54 Å². The molecule has 1 saturated heterocycles. The Balaban J connectivity index is 1.34. The fraction of sp³-hybridized carbons (Fsp3) is 0.227. The van der Waals surface area contributed by atoms with E-state index in [1.165, 1.54) is 5.56 Å². The predicted octanol–water partition coefficient (Wildman–Crippen LogP) is 4.15. The van der Waals surface area contributed by atoms with E-state index in [4.69, 9.17) is 11.6 Å². The molecule has 2 heterocycles. The number of halogens is 1. The molecule has 0 unspecified atom stereocenters. The Bertz CT molecular complexity index is 974. The van der Waals surface area contributed by atoms with Gasteiger partial charge in [-0.3, -0.25) is 15.2 Å². The summed E-state index contributed by atoms with van der Waals surface area (Å²) in [7, 11) is 0. The van der Waals surface area contributed by atoms with Crippen LogP contribution in [-0.4, -0.2) is 52.0 Å². The minimum Gasteiger partial charge on any atom is -0.322 e. The number of carbonyl (C=O) groups excluding carboxylic acids is 1. The van der Waals surface area contributed by atoms with Crippen molar-refractivity contribution >= 4 is 23.4 Å². The van der Waals surface area contributed by atoms with Gasteiger partial charge in [0.25, 0.3) is 0 Å². The second-order valence-corrected chi connectivity index (χ2v) is 7.37. The number of aromatic nitrogens is 2. The average Bonchev–Trinajstić information content (AvgIpc) is 2.75. The van der Waals surface area contributed by atoms with Gasteiger partial charge in [0.05, 0.1) is 6.20 Å². The molecule has 1 fully saturated rings. The monoisotopic (exact) mass is 407 g/mol. The smallest absolute Gasteiger partial charge is 0.322 e. The molecule has 2 amide bonds. The van der Waals surface area contributed by atoms with E-state index < -0.39 is 0 Å². The van der Waals surface area contributed by atoms with Gasteiger partial charge in [-0.2, -0.15) is 0 Å². The maximum atomic E-state index is 12.4. The third kappa shape index (κ3) is 4.91. The van der Waals surface area contributed by atoms with Crippen LogP contribution in [-0.2, 0) is 6.54 Å². The van der Waals surface area contributed by atoms with Gasteiger partial charge >= 0.3 is 6.03 Å². The second kappa shape index (κ2) is 9.03.